The zero-order valence-corrected chi connectivity index (χ0v) is 17.1. The molecule has 0 spiro atoms. The van der Waals surface area contributed by atoms with E-state index in [0.717, 1.165) is 37.9 Å². The molecule has 0 radical (unpaired) electrons. The number of carbonyl (C=O) groups is 1. The molecule has 2 fully saturated rings. The number of amides is 1. The third-order valence-corrected chi connectivity index (χ3v) is 6.31. The monoisotopic (exact) mass is 374 g/mol. The zero-order valence-electron chi connectivity index (χ0n) is 17.1. The summed E-state index contributed by atoms with van der Waals surface area (Å²) in [6.45, 7) is 8.34. The SMILES string of the molecule is CN(C(=O)c1cc(C(C)(C)C)ccc1O)[C@@H]1CCC[C@@H](N2CCCC2)[C@@H]1O. The van der Waals surface area contributed by atoms with Crippen LogP contribution in [-0.2, 0) is 5.41 Å². The molecule has 1 aliphatic heterocycles. The molecule has 0 aromatic heterocycles. The number of nitrogens with zero attached hydrogens (tertiary/aromatic N) is 2. The summed E-state index contributed by atoms with van der Waals surface area (Å²) in [5.74, 6) is -0.217. The predicted molar refractivity (Wildman–Crippen MR) is 107 cm³/mol. The number of likely N-dealkylation sites (N-methyl/N-ethyl adjacent to an activating group) is 1. The van der Waals surface area contributed by atoms with Crippen LogP contribution in [0.4, 0.5) is 0 Å². The summed E-state index contributed by atoms with van der Waals surface area (Å²) < 4.78 is 0. The third kappa shape index (κ3) is 4.14. The van der Waals surface area contributed by atoms with Crippen LogP contribution in [0.3, 0.4) is 0 Å². The van der Waals surface area contributed by atoms with Crippen LogP contribution < -0.4 is 0 Å². The van der Waals surface area contributed by atoms with Crippen LogP contribution in [0.1, 0.15) is 68.8 Å². The van der Waals surface area contributed by atoms with E-state index >= 15 is 0 Å². The number of rotatable bonds is 3. The predicted octanol–water partition coefficient (Wildman–Crippen LogP) is 3.14. The molecule has 2 N–H and O–H groups in total. The summed E-state index contributed by atoms with van der Waals surface area (Å²) in [5, 5.41) is 21.3. The molecule has 1 aromatic carbocycles. The zero-order chi connectivity index (χ0) is 19.8. The van der Waals surface area contributed by atoms with Crippen LogP contribution in [0.25, 0.3) is 0 Å². The maximum Gasteiger partial charge on any atom is 0.257 e. The first-order valence-corrected chi connectivity index (χ1v) is 10.2. The number of benzene rings is 1. The Morgan fingerprint density at radius 3 is 2.44 bits per heavy atom. The van der Waals surface area contributed by atoms with Crippen LogP contribution >= 0.6 is 0 Å². The first-order chi connectivity index (χ1) is 12.7. The summed E-state index contributed by atoms with van der Waals surface area (Å²) in [4.78, 5) is 17.2. The lowest BCUT2D eigenvalue weighted by atomic mass is 9.85. The van der Waals surface area contributed by atoms with Crippen molar-refractivity contribution in [3.8, 4) is 5.75 Å². The smallest absolute Gasteiger partial charge is 0.257 e. The molecule has 3 atom stereocenters. The van der Waals surface area contributed by atoms with Crippen LogP contribution in [0.15, 0.2) is 18.2 Å². The highest BCUT2D eigenvalue weighted by Crippen LogP contribution is 2.32. The fourth-order valence-corrected chi connectivity index (χ4v) is 4.54. The van der Waals surface area contributed by atoms with Gasteiger partial charge in [-0.25, -0.2) is 0 Å². The van der Waals surface area contributed by atoms with E-state index in [-0.39, 0.29) is 29.2 Å². The number of hydrogen-bond acceptors (Lipinski definition) is 4. The average molecular weight is 375 g/mol. The Balaban J connectivity index is 1.80. The van der Waals surface area contributed by atoms with Gasteiger partial charge in [-0.15, -0.1) is 0 Å². The quantitative estimate of drug-likeness (QED) is 0.853. The topological polar surface area (TPSA) is 64.0 Å². The van der Waals surface area contributed by atoms with Gasteiger partial charge >= 0.3 is 0 Å². The molecule has 0 unspecified atom stereocenters. The van der Waals surface area contributed by atoms with Crippen molar-refractivity contribution in [2.75, 3.05) is 20.1 Å². The van der Waals surface area contributed by atoms with Gasteiger partial charge in [0, 0.05) is 13.1 Å². The normalized spacial score (nSPS) is 26.9. The highest BCUT2D eigenvalue weighted by molar-refractivity contribution is 5.97. The number of aliphatic hydroxyl groups is 1. The molecule has 3 rings (SSSR count). The minimum atomic E-state index is -0.543. The lowest BCUT2D eigenvalue weighted by Crippen LogP contribution is -2.56. The molecule has 1 aliphatic carbocycles. The molecule has 1 heterocycles. The molecular formula is C22H34N2O3. The summed E-state index contributed by atoms with van der Waals surface area (Å²) in [6.07, 6.45) is 4.64. The number of aromatic hydroxyl groups is 1. The van der Waals surface area contributed by atoms with Crippen LogP contribution in [0.5, 0.6) is 5.75 Å². The lowest BCUT2D eigenvalue weighted by Gasteiger charge is -2.43. The fraction of sp³-hybridized carbons (Fsp3) is 0.682. The van der Waals surface area contributed by atoms with Crippen molar-refractivity contribution in [1.82, 2.24) is 9.80 Å². The molecule has 150 valence electrons. The van der Waals surface area contributed by atoms with Crippen molar-refractivity contribution in [3.05, 3.63) is 29.3 Å². The van der Waals surface area contributed by atoms with Crippen molar-refractivity contribution in [3.63, 3.8) is 0 Å². The first kappa shape index (κ1) is 20.2. The Hall–Kier alpha value is -1.59. The van der Waals surface area contributed by atoms with E-state index in [0.29, 0.717) is 5.56 Å². The van der Waals surface area contributed by atoms with Crippen LogP contribution in [0.2, 0.25) is 0 Å². The minimum Gasteiger partial charge on any atom is -0.507 e. The number of aliphatic hydroxyl groups excluding tert-OH is 1. The Kier molecular flexibility index (Phi) is 5.82. The van der Waals surface area contributed by atoms with Gasteiger partial charge in [-0.2, -0.15) is 0 Å². The number of likely N-dealkylation sites (tertiary alicyclic amines) is 1. The summed E-state index contributed by atoms with van der Waals surface area (Å²) in [5.41, 5.74) is 1.23. The minimum absolute atomic E-state index is 0.00115. The van der Waals surface area contributed by atoms with Crippen molar-refractivity contribution >= 4 is 5.91 Å². The summed E-state index contributed by atoms with van der Waals surface area (Å²) in [7, 11) is 1.76. The average Bonchev–Trinajstić information content (AvgIpc) is 3.14. The fourth-order valence-electron chi connectivity index (χ4n) is 4.54. The van der Waals surface area contributed by atoms with E-state index in [4.69, 9.17) is 0 Å². The van der Waals surface area contributed by atoms with Gasteiger partial charge in [-0.1, -0.05) is 26.8 Å². The van der Waals surface area contributed by atoms with Crippen LogP contribution in [0, 0.1) is 0 Å². The second-order valence-corrected chi connectivity index (χ2v) is 9.20. The van der Waals surface area contributed by atoms with Crippen molar-refractivity contribution in [2.45, 2.75) is 76.5 Å². The summed E-state index contributed by atoms with van der Waals surface area (Å²) in [6, 6.07) is 5.18. The van der Waals surface area contributed by atoms with E-state index in [1.54, 1.807) is 24.1 Å². The van der Waals surface area contributed by atoms with E-state index in [1.807, 2.05) is 6.07 Å². The molecular weight excluding hydrogens is 340 g/mol. The van der Waals surface area contributed by atoms with Gasteiger partial charge in [0.1, 0.15) is 5.75 Å². The lowest BCUT2D eigenvalue weighted by molar-refractivity contribution is -0.0242. The van der Waals surface area contributed by atoms with Crippen molar-refractivity contribution < 1.29 is 15.0 Å². The number of phenolic OH excluding ortho intramolecular Hbond substituents is 1. The molecule has 27 heavy (non-hydrogen) atoms. The Morgan fingerprint density at radius 2 is 1.81 bits per heavy atom. The summed E-state index contributed by atoms with van der Waals surface area (Å²) >= 11 is 0. The van der Waals surface area contributed by atoms with Crippen LogP contribution in [-0.4, -0.2) is 64.2 Å². The maximum absolute atomic E-state index is 13.2. The van der Waals surface area contributed by atoms with Gasteiger partial charge in [0.15, 0.2) is 0 Å². The van der Waals surface area contributed by atoms with Gasteiger partial charge in [-0.05, 0) is 68.3 Å². The molecule has 0 bridgehead atoms. The molecule has 5 heteroatoms. The third-order valence-electron chi connectivity index (χ3n) is 6.31. The standard InChI is InChI=1S/C22H34N2O3/c1-22(2,3)15-10-11-19(25)16(14-15)21(27)23(4)17-8-7-9-18(20(17)26)24-12-5-6-13-24/h10-11,14,17-18,20,25-26H,5-9,12-13H2,1-4H3/t17-,18-,20-/m1/s1. The number of carbonyl (C=O) groups excluding carboxylic acids is 1. The van der Waals surface area contributed by atoms with Crippen molar-refractivity contribution in [2.24, 2.45) is 0 Å². The molecule has 1 saturated heterocycles. The van der Waals surface area contributed by atoms with Gasteiger partial charge in [0.2, 0.25) is 0 Å². The Bertz CT molecular complexity index is 677. The second kappa shape index (κ2) is 7.80. The molecule has 2 aliphatic rings. The number of phenols is 1. The maximum atomic E-state index is 13.2. The van der Waals surface area contributed by atoms with Gasteiger partial charge in [0.05, 0.1) is 17.7 Å². The second-order valence-electron chi connectivity index (χ2n) is 9.20. The van der Waals surface area contributed by atoms with E-state index in [2.05, 4.69) is 25.7 Å². The van der Waals surface area contributed by atoms with Gasteiger partial charge < -0.3 is 15.1 Å². The van der Waals surface area contributed by atoms with Gasteiger partial charge in [0.25, 0.3) is 5.91 Å². The Labute approximate surface area is 163 Å². The van der Waals surface area contributed by atoms with E-state index in [9.17, 15) is 15.0 Å². The first-order valence-electron chi connectivity index (χ1n) is 10.2. The molecule has 1 amide bonds. The molecule has 1 aromatic rings. The van der Waals surface area contributed by atoms with Crippen molar-refractivity contribution in [1.29, 1.82) is 0 Å². The largest absolute Gasteiger partial charge is 0.507 e. The highest BCUT2D eigenvalue weighted by Gasteiger charge is 2.39. The molecule has 1 saturated carbocycles. The number of hydrogen-bond donors (Lipinski definition) is 2. The van der Waals surface area contributed by atoms with E-state index in [1.165, 1.54) is 12.8 Å². The van der Waals surface area contributed by atoms with Gasteiger partial charge in [-0.3, -0.25) is 9.69 Å². The van der Waals surface area contributed by atoms with E-state index < -0.39 is 6.10 Å². The molecule has 5 nitrogen and oxygen atoms in total. The highest BCUT2D eigenvalue weighted by atomic mass is 16.3. The Morgan fingerprint density at radius 1 is 1.15 bits per heavy atom.